The molecule has 1 aliphatic rings. The molecule has 4 nitrogen and oxygen atoms in total. The van der Waals surface area contributed by atoms with Crippen molar-refractivity contribution in [2.75, 3.05) is 4.90 Å². The van der Waals surface area contributed by atoms with Crippen LogP contribution in [0, 0.1) is 0 Å². The number of fused-ring (bicyclic) bond motifs is 1. The molecule has 0 saturated heterocycles. The standard InChI is InChI=1S/C14H14BrN3O/c1-9-5-10-6-12(15)3-4-13(10)18(9)14(19)11-7-16-17(2)8-11/h3-4,6-9H,5H2,1-2H3/t9-/m1/s1. The van der Waals surface area contributed by atoms with Crippen molar-refractivity contribution in [2.45, 2.75) is 19.4 Å². The maximum atomic E-state index is 12.6. The summed E-state index contributed by atoms with van der Waals surface area (Å²) in [5.74, 6) is 0.0154. The Hall–Kier alpha value is -1.62. The van der Waals surface area contributed by atoms with Crippen LogP contribution in [0.15, 0.2) is 35.1 Å². The van der Waals surface area contributed by atoms with Gasteiger partial charge in [0.05, 0.1) is 11.8 Å². The first kappa shape index (κ1) is 12.4. The lowest BCUT2D eigenvalue weighted by Gasteiger charge is -2.22. The Morgan fingerprint density at radius 2 is 2.26 bits per heavy atom. The predicted octanol–water partition coefficient (Wildman–Crippen LogP) is 2.77. The predicted molar refractivity (Wildman–Crippen MR) is 77.3 cm³/mol. The summed E-state index contributed by atoms with van der Waals surface area (Å²) in [5.41, 5.74) is 2.84. The minimum Gasteiger partial charge on any atom is -0.305 e. The molecule has 1 atom stereocenters. The van der Waals surface area contributed by atoms with Gasteiger partial charge in [-0.15, -0.1) is 0 Å². The summed E-state index contributed by atoms with van der Waals surface area (Å²) in [5, 5.41) is 4.07. The van der Waals surface area contributed by atoms with Crippen LogP contribution in [-0.4, -0.2) is 21.7 Å². The minimum atomic E-state index is 0.0154. The van der Waals surface area contributed by atoms with E-state index in [1.54, 1.807) is 17.1 Å². The van der Waals surface area contributed by atoms with Crippen LogP contribution in [0.1, 0.15) is 22.8 Å². The Bertz CT molecular complexity index is 650. The van der Waals surface area contributed by atoms with Crippen LogP contribution >= 0.6 is 15.9 Å². The van der Waals surface area contributed by atoms with Gasteiger partial charge in [-0.2, -0.15) is 5.10 Å². The summed E-state index contributed by atoms with van der Waals surface area (Å²) >= 11 is 3.47. The third-order valence-corrected chi connectivity index (χ3v) is 3.92. The molecule has 0 bridgehead atoms. The topological polar surface area (TPSA) is 38.1 Å². The van der Waals surface area contributed by atoms with Crippen LogP contribution in [-0.2, 0) is 13.5 Å². The summed E-state index contributed by atoms with van der Waals surface area (Å²) in [7, 11) is 1.81. The molecule has 2 heterocycles. The van der Waals surface area contributed by atoms with Gasteiger partial charge in [-0.05, 0) is 37.1 Å². The number of amides is 1. The van der Waals surface area contributed by atoms with Crippen molar-refractivity contribution in [1.29, 1.82) is 0 Å². The van der Waals surface area contributed by atoms with E-state index < -0.39 is 0 Å². The number of rotatable bonds is 1. The molecule has 2 aromatic rings. The quantitative estimate of drug-likeness (QED) is 0.810. The number of carbonyl (C=O) groups excluding carboxylic acids is 1. The Morgan fingerprint density at radius 3 is 2.95 bits per heavy atom. The number of nitrogens with zero attached hydrogens (tertiary/aromatic N) is 3. The molecule has 0 N–H and O–H groups in total. The molecule has 1 aromatic heterocycles. The average molecular weight is 320 g/mol. The Kier molecular flexibility index (Phi) is 2.93. The second-order valence-electron chi connectivity index (χ2n) is 4.90. The molecule has 5 heteroatoms. The molecule has 1 amide bonds. The second kappa shape index (κ2) is 4.49. The maximum absolute atomic E-state index is 12.6. The zero-order valence-corrected chi connectivity index (χ0v) is 12.4. The molecule has 3 rings (SSSR count). The SMILES string of the molecule is C[C@@H]1Cc2cc(Br)ccc2N1C(=O)c1cnn(C)c1. The van der Waals surface area contributed by atoms with Crippen molar-refractivity contribution in [2.24, 2.45) is 7.05 Å². The van der Waals surface area contributed by atoms with Gasteiger partial charge in [0, 0.05) is 29.4 Å². The molecule has 0 unspecified atom stereocenters. The van der Waals surface area contributed by atoms with E-state index >= 15 is 0 Å². The zero-order valence-electron chi connectivity index (χ0n) is 10.8. The van der Waals surface area contributed by atoms with Gasteiger partial charge >= 0.3 is 0 Å². The Morgan fingerprint density at radius 1 is 1.47 bits per heavy atom. The number of hydrogen-bond donors (Lipinski definition) is 0. The average Bonchev–Trinajstić information content (AvgIpc) is 2.91. The van der Waals surface area contributed by atoms with Gasteiger partial charge in [0.15, 0.2) is 0 Å². The summed E-state index contributed by atoms with van der Waals surface area (Å²) in [4.78, 5) is 14.4. The first-order chi connectivity index (χ1) is 9.06. The highest BCUT2D eigenvalue weighted by molar-refractivity contribution is 9.10. The van der Waals surface area contributed by atoms with Crippen LogP contribution in [0.2, 0.25) is 0 Å². The molecule has 1 aromatic carbocycles. The largest absolute Gasteiger partial charge is 0.305 e. The fourth-order valence-electron chi connectivity index (χ4n) is 2.58. The highest BCUT2D eigenvalue weighted by Gasteiger charge is 2.31. The minimum absolute atomic E-state index is 0.0154. The fraction of sp³-hybridized carbons (Fsp3) is 0.286. The molecule has 0 radical (unpaired) electrons. The highest BCUT2D eigenvalue weighted by atomic mass is 79.9. The van der Waals surface area contributed by atoms with Gasteiger partial charge in [-0.1, -0.05) is 15.9 Å². The lowest BCUT2D eigenvalue weighted by Crippen LogP contribution is -2.35. The Labute approximate surface area is 120 Å². The number of benzene rings is 1. The normalized spacial score (nSPS) is 17.6. The summed E-state index contributed by atoms with van der Waals surface area (Å²) in [6.07, 6.45) is 4.26. The number of anilines is 1. The zero-order chi connectivity index (χ0) is 13.6. The van der Waals surface area contributed by atoms with Crippen LogP contribution in [0.3, 0.4) is 0 Å². The summed E-state index contributed by atoms with van der Waals surface area (Å²) in [6.45, 7) is 2.07. The van der Waals surface area contributed by atoms with Crippen molar-refractivity contribution < 1.29 is 4.79 Å². The molecule has 0 fully saturated rings. The first-order valence-electron chi connectivity index (χ1n) is 6.17. The van der Waals surface area contributed by atoms with E-state index in [0.29, 0.717) is 5.56 Å². The third-order valence-electron chi connectivity index (χ3n) is 3.43. The van der Waals surface area contributed by atoms with Gasteiger partial charge in [-0.3, -0.25) is 9.48 Å². The van der Waals surface area contributed by atoms with Crippen molar-refractivity contribution in [3.63, 3.8) is 0 Å². The van der Waals surface area contributed by atoms with Crippen molar-refractivity contribution in [1.82, 2.24) is 9.78 Å². The number of hydrogen-bond acceptors (Lipinski definition) is 2. The summed E-state index contributed by atoms with van der Waals surface area (Å²) < 4.78 is 2.70. The van der Waals surface area contributed by atoms with Crippen molar-refractivity contribution in [3.05, 3.63) is 46.2 Å². The highest BCUT2D eigenvalue weighted by Crippen LogP contribution is 2.35. The van der Waals surface area contributed by atoms with Gasteiger partial charge in [0.25, 0.3) is 5.91 Å². The third kappa shape index (κ3) is 2.08. The number of carbonyl (C=O) groups is 1. The number of halogens is 1. The lowest BCUT2D eigenvalue weighted by atomic mass is 10.1. The molecular weight excluding hydrogens is 306 g/mol. The Balaban J connectivity index is 2.00. The van der Waals surface area contributed by atoms with E-state index in [2.05, 4.69) is 34.0 Å². The molecule has 19 heavy (non-hydrogen) atoms. The van der Waals surface area contributed by atoms with E-state index in [-0.39, 0.29) is 11.9 Å². The number of aryl methyl sites for hydroxylation is 1. The molecule has 1 aliphatic heterocycles. The van der Waals surface area contributed by atoms with Crippen molar-refractivity contribution >= 4 is 27.5 Å². The van der Waals surface area contributed by atoms with Gasteiger partial charge in [0.2, 0.25) is 0 Å². The maximum Gasteiger partial charge on any atom is 0.261 e. The lowest BCUT2D eigenvalue weighted by molar-refractivity contribution is 0.0981. The molecular formula is C14H14BrN3O. The van der Waals surface area contributed by atoms with E-state index in [4.69, 9.17) is 0 Å². The van der Waals surface area contributed by atoms with E-state index in [1.165, 1.54) is 5.56 Å². The van der Waals surface area contributed by atoms with Gasteiger partial charge < -0.3 is 4.90 Å². The van der Waals surface area contributed by atoms with Gasteiger partial charge in [0.1, 0.15) is 0 Å². The van der Waals surface area contributed by atoms with E-state index in [0.717, 1.165) is 16.6 Å². The first-order valence-corrected chi connectivity index (χ1v) is 6.96. The van der Waals surface area contributed by atoms with Crippen LogP contribution in [0.25, 0.3) is 0 Å². The van der Waals surface area contributed by atoms with E-state index in [9.17, 15) is 4.79 Å². The molecule has 0 aliphatic carbocycles. The molecule has 0 saturated carbocycles. The van der Waals surface area contributed by atoms with Crippen molar-refractivity contribution in [3.8, 4) is 0 Å². The second-order valence-corrected chi connectivity index (χ2v) is 5.82. The number of aromatic nitrogens is 2. The molecule has 98 valence electrons. The van der Waals surface area contributed by atoms with Crippen LogP contribution in [0.5, 0.6) is 0 Å². The monoisotopic (exact) mass is 319 g/mol. The van der Waals surface area contributed by atoms with Crippen LogP contribution < -0.4 is 4.90 Å². The smallest absolute Gasteiger partial charge is 0.261 e. The summed E-state index contributed by atoms with van der Waals surface area (Å²) in [6, 6.07) is 6.23. The molecule has 0 spiro atoms. The van der Waals surface area contributed by atoms with Gasteiger partial charge in [-0.25, -0.2) is 0 Å². The van der Waals surface area contributed by atoms with Crippen LogP contribution in [0.4, 0.5) is 5.69 Å². The fourth-order valence-corrected chi connectivity index (χ4v) is 2.99. The van der Waals surface area contributed by atoms with E-state index in [1.807, 2.05) is 24.1 Å².